The van der Waals surface area contributed by atoms with Crippen LogP contribution in [0.2, 0.25) is 0 Å². The Morgan fingerprint density at radius 2 is 2.00 bits per heavy atom. The molecule has 2 aromatic carbocycles. The molecule has 1 unspecified atom stereocenters. The van der Waals surface area contributed by atoms with Crippen LogP contribution in [0.25, 0.3) is 0 Å². The maximum Gasteiger partial charge on any atom is 0.338 e. The second-order valence-electron chi connectivity index (χ2n) is 5.59. The van der Waals surface area contributed by atoms with Crippen LogP contribution in [0.3, 0.4) is 0 Å². The average molecular weight is 342 g/mol. The molecule has 0 saturated carbocycles. The molecule has 0 spiro atoms. The summed E-state index contributed by atoms with van der Waals surface area (Å²) in [5.41, 5.74) is 0.963. The summed E-state index contributed by atoms with van der Waals surface area (Å²) in [5, 5.41) is 9.84. The fraction of sp³-hybridized carbons (Fsp3) is 0.263. The van der Waals surface area contributed by atoms with Crippen molar-refractivity contribution >= 4 is 11.8 Å². The molecular weight excluding hydrogens is 324 g/mol. The van der Waals surface area contributed by atoms with E-state index in [1.54, 1.807) is 0 Å². The first-order chi connectivity index (χ1) is 12.0. The summed E-state index contributed by atoms with van der Waals surface area (Å²) < 4.78 is 16.0. The number of ether oxygens (including phenoxy) is 3. The standard InChI is InChI=1S/C19H18O6/c1-3-24-13-6-4-11(5-7-13)16-10-15(21)18-14(19(22)23-2)8-12(20)9-17(18)25-16/h4-9,16,20H,3,10H2,1-2H3. The highest BCUT2D eigenvalue weighted by Crippen LogP contribution is 2.39. The first-order valence-corrected chi connectivity index (χ1v) is 7.91. The Labute approximate surface area is 144 Å². The van der Waals surface area contributed by atoms with Crippen LogP contribution in [-0.2, 0) is 4.74 Å². The Hall–Kier alpha value is -3.02. The zero-order valence-electron chi connectivity index (χ0n) is 13.9. The Balaban J connectivity index is 1.94. The second-order valence-corrected chi connectivity index (χ2v) is 5.59. The lowest BCUT2D eigenvalue weighted by Gasteiger charge is -2.27. The summed E-state index contributed by atoms with van der Waals surface area (Å²) in [4.78, 5) is 24.5. The number of ketones is 1. The molecule has 0 radical (unpaired) electrons. The molecule has 1 aliphatic rings. The van der Waals surface area contributed by atoms with Gasteiger partial charge >= 0.3 is 5.97 Å². The van der Waals surface area contributed by atoms with E-state index in [1.807, 2.05) is 31.2 Å². The predicted octanol–water partition coefficient (Wildman–Crippen LogP) is 3.28. The van der Waals surface area contributed by atoms with E-state index in [1.165, 1.54) is 19.2 Å². The minimum Gasteiger partial charge on any atom is -0.508 e. The van der Waals surface area contributed by atoms with Crippen LogP contribution in [0.1, 0.15) is 45.7 Å². The van der Waals surface area contributed by atoms with E-state index < -0.39 is 12.1 Å². The Morgan fingerprint density at radius 3 is 2.64 bits per heavy atom. The summed E-state index contributed by atoms with van der Waals surface area (Å²) in [6, 6.07) is 9.83. The van der Waals surface area contributed by atoms with Crippen molar-refractivity contribution in [2.75, 3.05) is 13.7 Å². The highest BCUT2D eigenvalue weighted by molar-refractivity contribution is 6.09. The average Bonchev–Trinajstić information content (AvgIpc) is 2.60. The van der Waals surface area contributed by atoms with Crippen LogP contribution < -0.4 is 9.47 Å². The molecule has 1 N–H and O–H groups in total. The van der Waals surface area contributed by atoms with Crippen LogP contribution >= 0.6 is 0 Å². The fourth-order valence-corrected chi connectivity index (χ4v) is 2.85. The monoisotopic (exact) mass is 342 g/mol. The minimum atomic E-state index is -0.691. The molecule has 1 atom stereocenters. The van der Waals surface area contributed by atoms with Crippen LogP contribution in [0.5, 0.6) is 17.2 Å². The number of fused-ring (bicyclic) bond motifs is 1. The van der Waals surface area contributed by atoms with E-state index in [0.717, 1.165) is 11.3 Å². The van der Waals surface area contributed by atoms with Crippen molar-refractivity contribution in [2.45, 2.75) is 19.4 Å². The molecule has 0 aromatic heterocycles. The number of aromatic hydroxyl groups is 1. The largest absolute Gasteiger partial charge is 0.508 e. The molecule has 3 rings (SSSR count). The molecule has 130 valence electrons. The number of esters is 1. The van der Waals surface area contributed by atoms with E-state index in [-0.39, 0.29) is 34.8 Å². The van der Waals surface area contributed by atoms with Crippen LogP contribution in [0.4, 0.5) is 0 Å². The maximum absolute atomic E-state index is 12.6. The number of carbonyl (C=O) groups is 2. The Kier molecular flexibility index (Phi) is 4.61. The van der Waals surface area contributed by atoms with Crippen molar-refractivity contribution in [1.29, 1.82) is 0 Å². The fourth-order valence-electron chi connectivity index (χ4n) is 2.85. The van der Waals surface area contributed by atoms with Crippen molar-refractivity contribution in [2.24, 2.45) is 0 Å². The van der Waals surface area contributed by atoms with Crippen molar-refractivity contribution in [1.82, 2.24) is 0 Å². The number of hydrogen-bond donors (Lipinski definition) is 1. The smallest absolute Gasteiger partial charge is 0.338 e. The number of phenols is 1. The van der Waals surface area contributed by atoms with E-state index in [2.05, 4.69) is 4.74 Å². The molecule has 0 fully saturated rings. The van der Waals surface area contributed by atoms with Crippen molar-refractivity contribution < 1.29 is 28.9 Å². The topological polar surface area (TPSA) is 82.1 Å². The van der Waals surface area contributed by atoms with Crippen LogP contribution in [0.15, 0.2) is 36.4 Å². The van der Waals surface area contributed by atoms with Gasteiger partial charge in [-0.15, -0.1) is 0 Å². The maximum atomic E-state index is 12.6. The van der Waals surface area contributed by atoms with E-state index >= 15 is 0 Å². The molecule has 1 heterocycles. The van der Waals surface area contributed by atoms with Gasteiger partial charge in [0.15, 0.2) is 5.78 Å². The van der Waals surface area contributed by atoms with Gasteiger partial charge in [0.05, 0.1) is 31.3 Å². The highest BCUT2D eigenvalue weighted by atomic mass is 16.5. The second kappa shape index (κ2) is 6.84. The van der Waals surface area contributed by atoms with Gasteiger partial charge in [-0.1, -0.05) is 12.1 Å². The summed E-state index contributed by atoms with van der Waals surface area (Å²) in [6.45, 7) is 2.47. The zero-order valence-corrected chi connectivity index (χ0v) is 13.9. The lowest BCUT2D eigenvalue weighted by atomic mass is 9.92. The molecule has 0 bridgehead atoms. The number of benzene rings is 2. The zero-order chi connectivity index (χ0) is 18.0. The van der Waals surface area contributed by atoms with Gasteiger partial charge in [0.25, 0.3) is 0 Å². The third-order valence-corrected chi connectivity index (χ3v) is 3.97. The number of methoxy groups -OCH3 is 1. The molecule has 6 heteroatoms. The number of Topliss-reactive ketones (excluding diaryl/α,β-unsaturated/α-hetero) is 1. The van der Waals surface area contributed by atoms with Crippen LogP contribution in [0, 0.1) is 0 Å². The molecule has 25 heavy (non-hydrogen) atoms. The minimum absolute atomic E-state index is 0.00708. The highest BCUT2D eigenvalue weighted by Gasteiger charge is 2.32. The van der Waals surface area contributed by atoms with Crippen molar-refractivity contribution in [3.05, 3.63) is 53.1 Å². The molecule has 2 aromatic rings. The van der Waals surface area contributed by atoms with Gasteiger partial charge in [0.2, 0.25) is 0 Å². The SMILES string of the molecule is CCOc1ccc(C2CC(=O)c3c(cc(O)cc3C(=O)OC)O2)cc1. The van der Waals surface area contributed by atoms with Crippen molar-refractivity contribution in [3.8, 4) is 17.2 Å². The van der Waals surface area contributed by atoms with Crippen LogP contribution in [-0.4, -0.2) is 30.6 Å². The van der Waals surface area contributed by atoms with Gasteiger partial charge in [-0.05, 0) is 30.7 Å². The van der Waals surface area contributed by atoms with Gasteiger partial charge in [-0.25, -0.2) is 4.79 Å². The number of rotatable bonds is 4. The number of phenolic OH excluding ortho intramolecular Hbond substituents is 1. The first kappa shape index (κ1) is 16.8. The van der Waals surface area contributed by atoms with Gasteiger partial charge in [-0.3, -0.25) is 4.79 Å². The molecule has 6 nitrogen and oxygen atoms in total. The predicted molar refractivity (Wildman–Crippen MR) is 89.4 cm³/mol. The molecular formula is C19H18O6. The number of hydrogen-bond acceptors (Lipinski definition) is 6. The van der Waals surface area contributed by atoms with Crippen molar-refractivity contribution in [3.63, 3.8) is 0 Å². The normalized spacial score (nSPS) is 15.9. The third-order valence-electron chi connectivity index (χ3n) is 3.97. The van der Waals surface area contributed by atoms with E-state index in [9.17, 15) is 14.7 Å². The summed E-state index contributed by atoms with van der Waals surface area (Å²) >= 11 is 0. The lowest BCUT2D eigenvalue weighted by Crippen LogP contribution is -2.23. The van der Waals surface area contributed by atoms with E-state index in [0.29, 0.717) is 6.61 Å². The van der Waals surface area contributed by atoms with E-state index in [4.69, 9.17) is 9.47 Å². The molecule has 0 aliphatic carbocycles. The van der Waals surface area contributed by atoms with Gasteiger partial charge in [0.1, 0.15) is 23.4 Å². The molecule has 0 saturated heterocycles. The third kappa shape index (κ3) is 3.28. The summed E-state index contributed by atoms with van der Waals surface area (Å²) in [5.74, 6) is -0.182. The Bertz CT molecular complexity index is 809. The lowest BCUT2D eigenvalue weighted by molar-refractivity contribution is 0.0590. The van der Waals surface area contributed by atoms with Gasteiger partial charge in [0, 0.05) is 6.07 Å². The molecule has 0 amide bonds. The Morgan fingerprint density at radius 1 is 1.28 bits per heavy atom. The summed E-state index contributed by atoms with van der Waals surface area (Å²) in [6.07, 6.45) is -0.404. The first-order valence-electron chi connectivity index (χ1n) is 7.91. The van der Waals surface area contributed by atoms with Gasteiger partial charge < -0.3 is 19.3 Å². The number of carbonyl (C=O) groups excluding carboxylic acids is 2. The quantitative estimate of drug-likeness (QED) is 0.859. The van der Waals surface area contributed by atoms with Gasteiger partial charge in [-0.2, -0.15) is 0 Å². The molecule has 1 aliphatic heterocycles. The summed E-state index contributed by atoms with van der Waals surface area (Å²) in [7, 11) is 1.22.